The van der Waals surface area contributed by atoms with E-state index in [0.29, 0.717) is 26.1 Å². The summed E-state index contributed by atoms with van der Waals surface area (Å²) in [6.45, 7) is 9.94. The van der Waals surface area contributed by atoms with Gasteiger partial charge in [-0.3, -0.25) is 9.69 Å². The van der Waals surface area contributed by atoms with E-state index in [-0.39, 0.29) is 5.91 Å². The lowest BCUT2D eigenvalue weighted by atomic mass is 9.90. The first-order chi connectivity index (χ1) is 12.1. The van der Waals surface area contributed by atoms with Crippen molar-refractivity contribution in [1.29, 1.82) is 0 Å². The van der Waals surface area contributed by atoms with Crippen LogP contribution in [-0.4, -0.2) is 67.2 Å². The number of nitrogens with zero attached hydrogens (tertiary/aromatic N) is 2. The molecule has 6 nitrogen and oxygen atoms in total. The van der Waals surface area contributed by atoms with Crippen molar-refractivity contribution in [2.24, 2.45) is 5.73 Å². The van der Waals surface area contributed by atoms with E-state index >= 15 is 0 Å². The molecule has 0 unspecified atom stereocenters. The van der Waals surface area contributed by atoms with E-state index < -0.39 is 5.54 Å². The highest BCUT2D eigenvalue weighted by Crippen LogP contribution is 2.20. The Kier molecular flexibility index (Phi) is 6.06. The molecular formula is C19H30N4O2. The highest BCUT2D eigenvalue weighted by atomic mass is 16.5. The number of anilines is 1. The summed E-state index contributed by atoms with van der Waals surface area (Å²) in [7, 11) is 0. The molecule has 0 saturated carbocycles. The Morgan fingerprint density at radius 2 is 1.72 bits per heavy atom. The largest absolute Gasteiger partial charge is 0.381 e. The van der Waals surface area contributed by atoms with E-state index in [1.54, 1.807) is 0 Å². The molecule has 0 aromatic heterocycles. The third kappa shape index (κ3) is 4.79. The van der Waals surface area contributed by atoms with Gasteiger partial charge in [-0.25, -0.2) is 0 Å². The van der Waals surface area contributed by atoms with Gasteiger partial charge in [0.2, 0.25) is 5.91 Å². The summed E-state index contributed by atoms with van der Waals surface area (Å²) in [5.74, 6) is -0.112. The van der Waals surface area contributed by atoms with Crippen LogP contribution in [0.5, 0.6) is 0 Å². The molecular weight excluding hydrogens is 316 g/mol. The molecule has 138 valence electrons. The van der Waals surface area contributed by atoms with E-state index in [1.165, 1.54) is 5.56 Å². The molecule has 25 heavy (non-hydrogen) atoms. The zero-order valence-corrected chi connectivity index (χ0v) is 15.2. The summed E-state index contributed by atoms with van der Waals surface area (Å²) in [6.07, 6.45) is 1.14. The third-order valence-corrected chi connectivity index (χ3v) is 5.37. The Labute approximate surface area is 150 Å². The van der Waals surface area contributed by atoms with Crippen LogP contribution < -0.4 is 11.1 Å². The first-order valence-electron chi connectivity index (χ1n) is 9.31. The van der Waals surface area contributed by atoms with Crippen LogP contribution in [0.2, 0.25) is 0 Å². The highest BCUT2D eigenvalue weighted by Gasteiger charge is 2.35. The van der Waals surface area contributed by atoms with Crippen molar-refractivity contribution in [2.75, 3.05) is 51.3 Å². The standard InChI is InChI=1S/C19H30N4O2/c1-2-22-9-11-23(12-10-22)15-16-3-5-17(6-4-16)21-18(24)19(20)7-13-25-14-8-19/h3-6H,2,7-15,20H2,1H3,(H,21,24). The second-order valence-corrected chi connectivity index (χ2v) is 7.13. The molecule has 0 spiro atoms. The number of piperazine rings is 1. The van der Waals surface area contributed by atoms with Crippen LogP contribution in [0, 0.1) is 0 Å². The average Bonchev–Trinajstić information content (AvgIpc) is 2.64. The molecule has 2 heterocycles. The van der Waals surface area contributed by atoms with Gasteiger partial charge in [0.15, 0.2) is 0 Å². The minimum Gasteiger partial charge on any atom is -0.381 e. The van der Waals surface area contributed by atoms with Crippen molar-refractivity contribution >= 4 is 11.6 Å². The van der Waals surface area contributed by atoms with Gasteiger partial charge >= 0.3 is 0 Å². The minimum atomic E-state index is -0.810. The number of likely N-dealkylation sites (N-methyl/N-ethyl adjacent to an activating group) is 1. The zero-order valence-electron chi connectivity index (χ0n) is 15.2. The fourth-order valence-electron chi connectivity index (χ4n) is 3.43. The van der Waals surface area contributed by atoms with Crippen LogP contribution in [0.15, 0.2) is 24.3 Å². The van der Waals surface area contributed by atoms with E-state index in [1.807, 2.05) is 12.1 Å². The Bertz CT molecular complexity index is 561. The molecule has 2 aliphatic heterocycles. The number of carbonyl (C=O) groups excluding carboxylic acids is 1. The maximum atomic E-state index is 12.4. The molecule has 0 atom stereocenters. The van der Waals surface area contributed by atoms with Crippen LogP contribution in [0.1, 0.15) is 25.3 Å². The Morgan fingerprint density at radius 3 is 2.32 bits per heavy atom. The van der Waals surface area contributed by atoms with Gasteiger partial charge in [-0.15, -0.1) is 0 Å². The normalized spacial score (nSPS) is 21.8. The smallest absolute Gasteiger partial charge is 0.244 e. The van der Waals surface area contributed by atoms with Gasteiger partial charge in [0.05, 0.1) is 0 Å². The monoisotopic (exact) mass is 346 g/mol. The Hall–Kier alpha value is -1.47. The van der Waals surface area contributed by atoms with Crippen molar-refractivity contribution in [2.45, 2.75) is 31.8 Å². The Balaban J connectivity index is 1.51. The fourth-order valence-corrected chi connectivity index (χ4v) is 3.43. The topological polar surface area (TPSA) is 70.8 Å². The first kappa shape index (κ1) is 18.3. The van der Waals surface area contributed by atoms with Gasteiger partial charge in [0.1, 0.15) is 5.54 Å². The number of carbonyl (C=O) groups is 1. The SMILES string of the molecule is CCN1CCN(Cc2ccc(NC(=O)C3(N)CCOCC3)cc2)CC1. The summed E-state index contributed by atoms with van der Waals surface area (Å²) >= 11 is 0. The van der Waals surface area contributed by atoms with Gasteiger partial charge in [0, 0.05) is 51.6 Å². The first-order valence-corrected chi connectivity index (χ1v) is 9.31. The quantitative estimate of drug-likeness (QED) is 0.840. The van der Waals surface area contributed by atoms with Crippen LogP contribution in [0.3, 0.4) is 0 Å². The van der Waals surface area contributed by atoms with Gasteiger partial charge in [-0.1, -0.05) is 19.1 Å². The summed E-state index contributed by atoms with van der Waals surface area (Å²) in [6, 6.07) is 8.13. The molecule has 0 aliphatic carbocycles. The van der Waals surface area contributed by atoms with Crippen LogP contribution in [0.4, 0.5) is 5.69 Å². The lowest BCUT2D eigenvalue weighted by molar-refractivity contribution is -0.124. The Morgan fingerprint density at radius 1 is 1.12 bits per heavy atom. The summed E-state index contributed by atoms with van der Waals surface area (Å²) in [5.41, 5.74) is 7.50. The van der Waals surface area contributed by atoms with Gasteiger partial charge in [-0.2, -0.15) is 0 Å². The predicted molar refractivity (Wildman–Crippen MR) is 99.4 cm³/mol. The number of amides is 1. The third-order valence-electron chi connectivity index (χ3n) is 5.37. The van der Waals surface area contributed by atoms with Crippen molar-refractivity contribution in [3.8, 4) is 0 Å². The second-order valence-electron chi connectivity index (χ2n) is 7.13. The molecule has 6 heteroatoms. The predicted octanol–water partition coefficient (Wildman–Crippen LogP) is 1.27. The maximum absolute atomic E-state index is 12.4. The molecule has 2 saturated heterocycles. The number of hydrogen-bond acceptors (Lipinski definition) is 5. The van der Waals surface area contributed by atoms with E-state index in [2.05, 4.69) is 34.2 Å². The van der Waals surface area contributed by atoms with E-state index in [0.717, 1.165) is 45.0 Å². The number of rotatable bonds is 5. The van der Waals surface area contributed by atoms with Crippen molar-refractivity contribution in [3.05, 3.63) is 29.8 Å². The fraction of sp³-hybridized carbons (Fsp3) is 0.632. The molecule has 3 N–H and O–H groups in total. The summed E-state index contributed by atoms with van der Waals surface area (Å²) < 4.78 is 5.30. The molecule has 2 aliphatic rings. The molecule has 2 fully saturated rings. The molecule has 1 aromatic rings. The van der Waals surface area contributed by atoms with E-state index in [4.69, 9.17) is 10.5 Å². The van der Waals surface area contributed by atoms with Crippen molar-refractivity contribution < 1.29 is 9.53 Å². The molecule has 1 amide bonds. The van der Waals surface area contributed by atoms with Gasteiger partial charge < -0.3 is 20.7 Å². The number of ether oxygens (including phenoxy) is 1. The van der Waals surface area contributed by atoms with Gasteiger partial charge in [-0.05, 0) is 37.1 Å². The van der Waals surface area contributed by atoms with Crippen LogP contribution in [-0.2, 0) is 16.1 Å². The average molecular weight is 346 g/mol. The van der Waals surface area contributed by atoms with Crippen molar-refractivity contribution in [3.63, 3.8) is 0 Å². The maximum Gasteiger partial charge on any atom is 0.244 e. The zero-order chi connectivity index (χ0) is 17.7. The molecule has 0 radical (unpaired) electrons. The van der Waals surface area contributed by atoms with E-state index in [9.17, 15) is 4.79 Å². The lowest BCUT2D eigenvalue weighted by Gasteiger charge is -2.34. The number of nitrogens with two attached hydrogens (primary N) is 1. The lowest BCUT2D eigenvalue weighted by Crippen LogP contribution is -2.54. The van der Waals surface area contributed by atoms with Crippen molar-refractivity contribution in [1.82, 2.24) is 9.80 Å². The number of benzene rings is 1. The number of hydrogen-bond donors (Lipinski definition) is 2. The van der Waals surface area contributed by atoms with Gasteiger partial charge in [0.25, 0.3) is 0 Å². The molecule has 1 aromatic carbocycles. The van der Waals surface area contributed by atoms with Crippen LogP contribution in [0.25, 0.3) is 0 Å². The highest BCUT2D eigenvalue weighted by molar-refractivity contribution is 5.98. The summed E-state index contributed by atoms with van der Waals surface area (Å²) in [4.78, 5) is 17.4. The molecule has 0 bridgehead atoms. The number of nitrogens with one attached hydrogen (secondary N) is 1. The minimum absolute atomic E-state index is 0.112. The van der Waals surface area contributed by atoms with Crippen LogP contribution >= 0.6 is 0 Å². The molecule has 3 rings (SSSR count). The second kappa shape index (κ2) is 8.27. The summed E-state index contributed by atoms with van der Waals surface area (Å²) in [5, 5.41) is 2.96.